The van der Waals surface area contributed by atoms with Gasteiger partial charge in [0.05, 0.1) is 5.52 Å². The van der Waals surface area contributed by atoms with Crippen LogP contribution in [0.1, 0.15) is 10.5 Å². The first-order valence-corrected chi connectivity index (χ1v) is 7.15. The van der Waals surface area contributed by atoms with Gasteiger partial charge in [0, 0.05) is 21.2 Å². The number of benzene rings is 2. The summed E-state index contributed by atoms with van der Waals surface area (Å²) in [5, 5.41) is 3.81. The summed E-state index contributed by atoms with van der Waals surface area (Å²) >= 11 is 3.33. The molecular weight excluding hydrogens is 330 g/mol. The SMILES string of the molecule is Nc1ccc(NC(=O)c2ccc3ccccc3n2)cc1Br. The van der Waals surface area contributed by atoms with Crippen LogP contribution >= 0.6 is 15.9 Å². The summed E-state index contributed by atoms with van der Waals surface area (Å²) in [5.41, 5.74) is 8.18. The zero-order valence-electron chi connectivity index (χ0n) is 11.0. The molecule has 1 amide bonds. The molecule has 0 saturated heterocycles. The number of fused-ring (bicyclic) bond motifs is 1. The van der Waals surface area contributed by atoms with Crippen LogP contribution in [0.4, 0.5) is 11.4 Å². The molecule has 0 atom stereocenters. The molecule has 3 N–H and O–H groups in total. The molecule has 1 aromatic heterocycles. The van der Waals surface area contributed by atoms with E-state index in [0.29, 0.717) is 17.1 Å². The Bertz CT molecular complexity index is 833. The Kier molecular flexibility index (Phi) is 3.58. The first-order chi connectivity index (χ1) is 10.1. The molecule has 3 rings (SSSR count). The second-order valence-electron chi connectivity index (χ2n) is 4.58. The molecular formula is C16H12BrN3O. The van der Waals surface area contributed by atoms with Gasteiger partial charge in [0.2, 0.25) is 0 Å². The third-order valence-electron chi connectivity index (χ3n) is 3.09. The van der Waals surface area contributed by atoms with E-state index in [1.54, 1.807) is 24.3 Å². The highest BCUT2D eigenvalue weighted by molar-refractivity contribution is 9.10. The summed E-state index contributed by atoms with van der Waals surface area (Å²) in [6, 6.07) is 16.5. The minimum absolute atomic E-state index is 0.252. The fourth-order valence-corrected chi connectivity index (χ4v) is 2.37. The minimum Gasteiger partial charge on any atom is -0.398 e. The summed E-state index contributed by atoms with van der Waals surface area (Å²) < 4.78 is 0.742. The van der Waals surface area contributed by atoms with Crippen molar-refractivity contribution in [1.29, 1.82) is 0 Å². The lowest BCUT2D eigenvalue weighted by atomic mass is 10.2. The number of nitrogens with one attached hydrogen (secondary N) is 1. The zero-order chi connectivity index (χ0) is 14.8. The molecule has 0 spiro atoms. The molecule has 3 aromatic rings. The maximum absolute atomic E-state index is 12.2. The molecule has 4 nitrogen and oxygen atoms in total. The smallest absolute Gasteiger partial charge is 0.274 e. The van der Waals surface area contributed by atoms with Crippen LogP contribution in [0, 0.1) is 0 Å². The Morgan fingerprint density at radius 3 is 2.71 bits per heavy atom. The van der Waals surface area contributed by atoms with Crippen LogP contribution in [0.3, 0.4) is 0 Å². The van der Waals surface area contributed by atoms with E-state index in [1.165, 1.54) is 0 Å². The predicted molar refractivity (Wildman–Crippen MR) is 88.3 cm³/mol. The van der Waals surface area contributed by atoms with Gasteiger partial charge >= 0.3 is 0 Å². The topological polar surface area (TPSA) is 68.0 Å². The van der Waals surface area contributed by atoms with E-state index in [-0.39, 0.29) is 5.91 Å². The van der Waals surface area contributed by atoms with Crippen molar-refractivity contribution in [2.75, 3.05) is 11.1 Å². The number of hydrogen-bond acceptors (Lipinski definition) is 3. The maximum Gasteiger partial charge on any atom is 0.274 e. The second kappa shape index (κ2) is 5.54. The van der Waals surface area contributed by atoms with Crippen LogP contribution in [-0.2, 0) is 0 Å². The summed E-state index contributed by atoms with van der Waals surface area (Å²) in [4.78, 5) is 16.6. The number of rotatable bonds is 2. The van der Waals surface area contributed by atoms with Crippen molar-refractivity contribution in [3.05, 3.63) is 64.8 Å². The highest BCUT2D eigenvalue weighted by atomic mass is 79.9. The normalized spacial score (nSPS) is 10.5. The molecule has 0 radical (unpaired) electrons. The van der Waals surface area contributed by atoms with Gasteiger partial charge in [-0.15, -0.1) is 0 Å². The number of aromatic nitrogens is 1. The summed E-state index contributed by atoms with van der Waals surface area (Å²) in [5.74, 6) is -0.252. The van der Waals surface area contributed by atoms with Crippen LogP contribution in [0.15, 0.2) is 59.1 Å². The molecule has 0 fully saturated rings. The Balaban J connectivity index is 1.87. The zero-order valence-corrected chi connectivity index (χ0v) is 12.6. The number of carbonyl (C=O) groups is 1. The van der Waals surface area contributed by atoms with Crippen molar-refractivity contribution in [2.45, 2.75) is 0 Å². The van der Waals surface area contributed by atoms with Gasteiger partial charge in [0.25, 0.3) is 5.91 Å². The fourth-order valence-electron chi connectivity index (χ4n) is 1.99. The molecule has 5 heteroatoms. The first-order valence-electron chi connectivity index (χ1n) is 6.36. The van der Waals surface area contributed by atoms with Gasteiger partial charge in [-0.2, -0.15) is 0 Å². The van der Waals surface area contributed by atoms with E-state index in [4.69, 9.17) is 5.73 Å². The average molecular weight is 342 g/mol. The number of amides is 1. The highest BCUT2D eigenvalue weighted by Crippen LogP contribution is 2.23. The molecule has 104 valence electrons. The third kappa shape index (κ3) is 2.87. The number of carbonyl (C=O) groups excluding carboxylic acids is 1. The van der Waals surface area contributed by atoms with Gasteiger partial charge < -0.3 is 11.1 Å². The van der Waals surface area contributed by atoms with Crippen LogP contribution in [0.5, 0.6) is 0 Å². The molecule has 1 heterocycles. The van der Waals surface area contributed by atoms with Crippen molar-refractivity contribution in [1.82, 2.24) is 4.98 Å². The summed E-state index contributed by atoms with van der Waals surface area (Å²) in [7, 11) is 0. The Morgan fingerprint density at radius 1 is 1.10 bits per heavy atom. The van der Waals surface area contributed by atoms with Gasteiger partial charge in [-0.1, -0.05) is 24.3 Å². The number of para-hydroxylation sites is 1. The molecule has 2 aromatic carbocycles. The van der Waals surface area contributed by atoms with Crippen molar-refractivity contribution in [3.8, 4) is 0 Å². The molecule has 0 aliphatic rings. The van der Waals surface area contributed by atoms with Gasteiger partial charge in [0.15, 0.2) is 0 Å². The minimum atomic E-state index is -0.252. The van der Waals surface area contributed by atoms with Crippen molar-refractivity contribution in [2.24, 2.45) is 0 Å². The lowest BCUT2D eigenvalue weighted by Crippen LogP contribution is -2.13. The quantitative estimate of drug-likeness (QED) is 0.696. The van der Waals surface area contributed by atoms with Crippen LogP contribution in [-0.4, -0.2) is 10.9 Å². The number of nitrogens with zero attached hydrogens (tertiary/aromatic N) is 1. The van der Waals surface area contributed by atoms with Crippen molar-refractivity contribution >= 4 is 44.1 Å². The van der Waals surface area contributed by atoms with Crippen LogP contribution in [0.25, 0.3) is 10.9 Å². The predicted octanol–water partition coefficient (Wildman–Crippen LogP) is 3.83. The first kappa shape index (κ1) is 13.6. The Hall–Kier alpha value is -2.40. The molecule has 0 unspecified atom stereocenters. The number of nitrogens with two attached hydrogens (primary N) is 1. The average Bonchev–Trinajstić information content (AvgIpc) is 2.50. The standard InChI is InChI=1S/C16H12BrN3O/c17-12-9-11(6-7-13(12)18)19-16(21)15-8-5-10-3-1-2-4-14(10)20-15/h1-9H,18H2,(H,19,21). The second-order valence-corrected chi connectivity index (χ2v) is 5.43. The van der Waals surface area contributed by atoms with Gasteiger partial charge in [0.1, 0.15) is 5.69 Å². The maximum atomic E-state index is 12.2. The highest BCUT2D eigenvalue weighted by Gasteiger charge is 2.09. The number of halogens is 1. The van der Waals surface area contributed by atoms with Crippen molar-refractivity contribution < 1.29 is 4.79 Å². The molecule has 21 heavy (non-hydrogen) atoms. The number of nitrogen functional groups attached to an aromatic ring is 1. The van der Waals surface area contributed by atoms with E-state index >= 15 is 0 Å². The third-order valence-corrected chi connectivity index (χ3v) is 3.78. The molecule has 0 aliphatic heterocycles. The Labute approximate surface area is 130 Å². The van der Waals surface area contributed by atoms with E-state index in [9.17, 15) is 4.79 Å². The van der Waals surface area contributed by atoms with Crippen molar-refractivity contribution in [3.63, 3.8) is 0 Å². The van der Waals surface area contributed by atoms with Gasteiger partial charge in [-0.3, -0.25) is 4.79 Å². The summed E-state index contributed by atoms with van der Waals surface area (Å²) in [6.45, 7) is 0. The Morgan fingerprint density at radius 2 is 1.90 bits per heavy atom. The molecule has 0 saturated carbocycles. The summed E-state index contributed by atoms with van der Waals surface area (Å²) in [6.07, 6.45) is 0. The van der Waals surface area contributed by atoms with E-state index in [2.05, 4.69) is 26.2 Å². The number of hydrogen-bond donors (Lipinski definition) is 2. The van der Waals surface area contributed by atoms with Gasteiger partial charge in [-0.25, -0.2) is 4.98 Å². The largest absolute Gasteiger partial charge is 0.398 e. The fraction of sp³-hybridized carbons (Fsp3) is 0. The lowest BCUT2D eigenvalue weighted by molar-refractivity contribution is 0.102. The molecule has 0 bridgehead atoms. The number of pyridine rings is 1. The van der Waals surface area contributed by atoms with Gasteiger partial charge in [-0.05, 0) is 46.3 Å². The number of anilines is 2. The monoisotopic (exact) mass is 341 g/mol. The van der Waals surface area contributed by atoms with E-state index in [1.807, 2.05) is 30.3 Å². The lowest BCUT2D eigenvalue weighted by Gasteiger charge is -2.07. The van der Waals surface area contributed by atoms with E-state index in [0.717, 1.165) is 15.4 Å². The molecule has 0 aliphatic carbocycles. The van der Waals surface area contributed by atoms with Crippen LogP contribution in [0.2, 0.25) is 0 Å². The van der Waals surface area contributed by atoms with E-state index < -0.39 is 0 Å². The van der Waals surface area contributed by atoms with Crippen LogP contribution < -0.4 is 11.1 Å².